The second kappa shape index (κ2) is 8.43. The van der Waals surface area contributed by atoms with Gasteiger partial charge in [-0.05, 0) is 75.6 Å². The van der Waals surface area contributed by atoms with Crippen molar-refractivity contribution in [1.82, 2.24) is 9.97 Å². The lowest BCUT2D eigenvalue weighted by Crippen LogP contribution is -2.28. The standard InChI is InChI=1S/C28H30N2O4S/c1-17-23(16-30-26(25(17)31)27(2,3)32)19-10-7-9-18(13-19)22-15-21(28(4,5)35(6,33)34)14-20-11-8-12-29-24(20)22/h7-16,31-32H,1-6H3. The molecule has 0 unspecified atom stereocenters. The predicted octanol–water partition coefficient (Wildman–Crippen LogP) is 5.48. The zero-order chi connectivity index (χ0) is 25.8. The molecule has 0 spiro atoms. The Hall–Kier alpha value is -3.29. The number of aromatic nitrogens is 2. The molecular weight excluding hydrogens is 460 g/mol. The molecule has 0 aliphatic carbocycles. The number of hydrogen-bond acceptors (Lipinski definition) is 6. The predicted molar refractivity (Wildman–Crippen MR) is 140 cm³/mol. The number of rotatable bonds is 5. The lowest BCUT2D eigenvalue weighted by Gasteiger charge is -2.24. The third-order valence-electron chi connectivity index (χ3n) is 6.70. The zero-order valence-electron chi connectivity index (χ0n) is 20.8. The molecule has 4 rings (SSSR count). The number of sulfone groups is 1. The molecule has 4 aromatic rings. The number of aromatic hydroxyl groups is 1. The Bertz CT molecular complexity index is 1550. The van der Waals surface area contributed by atoms with E-state index >= 15 is 0 Å². The van der Waals surface area contributed by atoms with Gasteiger partial charge in [0.1, 0.15) is 17.0 Å². The van der Waals surface area contributed by atoms with E-state index in [1.807, 2.05) is 48.5 Å². The summed E-state index contributed by atoms with van der Waals surface area (Å²) >= 11 is 0. The molecule has 0 atom stereocenters. The molecule has 0 amide bonds. The van der Waals surface area contributed by atoms with Crippen LogP contribution in [0.15, 0.2) is 60.9 Å². The fraction of sp³-hybridized carbons (Fsp3) is 0.286. The van der Waals surface area contributed by atoms with Crippen LogP contribution in [0.1, 0.15) is 44.5 Å². The maximum atomic E-state index is 12.6. The van der Waals surface area contributed by atoms with E-state index in [9.17, 15) is 18.6 Å². The van der Waals surface area contributed by atoms with Crippen LogP contribution in [-0.2, 0) is 20.2 Å². The highest BCUT2D eigenvalue weighted by atomic mass is 32.2. The molecule has 0 saturated heterocycles. The van der Waals surface area contributed by atoms with Crippen molar-refractivity contribution < 1.29 is 18.6 Å². The van der Waals surface area contributed by atoms with Crippen LogP contribution in [0.3, 0.4) is 0 Å². The molecule has 2 aromatic carbocycles. The van der Waals surface area contributed by atoms with Crippen molar-refractivity contribution in [2.24, 2.45) is 0 Å². The van der Waals surface area contributed by atoms with Crippen LogP contribution >= 0.6 is 0 Å². The van der Waals surface area contributed by atoms with E-state index in [0.717, 1.165) is 33.2 Å². The van der Waals surface area contributed by atoms with E-state index < -0.39 is 20.2 Å². The molecule has 182 valence electrons. The topological polar surface area (TPSA) is 100 Å². The first-order valence-corrected chi connectivity index (χ1v) is 13.2. The van der Waals surface area contributed by atoms with E-state index in [1.54, 1.807) is 47.0 Å². The number of benzene rings is 2. The highest BCUT2D eigenvalue weighted by Gasteiger charge is 2.33. The summed E-state index contributed by atoms with van der Waals surface area (Å²) in [6.07, 6.45) is 4.62. The Kier molecular flexibility index (Phi) is 5.98. The van der Waals surface area contributed by atoms with Gasteiger partial charge in [0.25, 0.3) is 0 Å². The fourth-order valence-corrected chi connectivity index (χ4v) is 4.71. The third-order valence-corrected chi connectivity index (χ3v) is 8.79. The van der Waals surface area contributed by atoms with E-state index in [4.69, 9.17) is 0 Å². The molecule has 0 aliphatic heterocycles. The first kappa shape index (κ1) is 24.8. The van der Waals surface area contributed by atoms with E-state index in [1.165, 1.54) is 6.26 Å². The highest BCUT2D eigenvalue weighted by Crippen LogP contribution is 2.39. The molecule has 0 aliphatic rings. The lowest BCUT2D eigenvalue weighted by atomic mass is 9.91. The minimum Gasteiger partial charge on any atom is -0.506 e. The summed E-state index contributed by atoms with van der Waals surface area (Å²) in [4.78, 5) is 8.92. The van der Waals surface area contributed by atoms with Gasteiger partial charge in [-0.2, -0.15) is 0 Å². The van der Waals surface area contributed by atoms with Crippen molar-refractivity contribution in [2.45, 2.75) is 45.0 Å². The summed E-state index contributed by atoms with van der Waals surface area (Å²) in [5, 5.41) is 21.9. The molecule has 2 aromatic heterocycles. The Labute approximate surface area is 206 Å². The van der Waals surface area contributed by atoms with Gasteiger partial charge in [-0.25, -0.2) is 8.42 Å². The van der Waals surface area contributed by atoms with Gasteiger partial charge in [0.15, 0.2) is 9.84 Å². The highest BCUT2D eigenvalue weighted by molar-refractivity contribution is 7.91. The van der Waals surface area contributed by atoms with Crippen LogP contribution in [-0.4, -0.2) is 34.9 Å². The first-order chi connectivity index (χ1) is 16.2. The second-order valence-electron chi connectivity index (χ2n) is 10.0. The van der Waals surface area contributed by atoms with Crippen molar-refractivity contribution in [3.63, 3.8) is 0 Å². The van der Waals surface area contributed by atoms with Crippen molar-refractivity contribution in [1.29, 1.82) is 0 Å². The van der Waals surface area contributed by atoms with Crippen molar-refractivity contribution in [3.05, 3.63) is 77.7 Å². The molecule has 6 nitrogen and oxygen atoms in total. The Morgan fingerprint density at radius 3 is 2.17 bits per heavy atom. The van der Waals surface area contributed by atoms with Crippen molar-refractivity contribution in [3.8, 4) is 28.0 Å². The average molecular weight is 491 g/mol. The number of aliphatic hydroxyl groups is 1. The van der Waals surface area contributed by atoms with Gasteiger partial charge in [-0.15, -0.1) is 0 Å². The first-order valence-electron chi connectivity index (χ1n) is 11.3. The summed E-state index contributed by atoms with van der Waals surface area (Å²) in [6, 6.07) is 15.3. The molecule has 0 radical (unpaired) electrons. The number of nitrogens with zero attached hydrogens (tertiary/aromatic N) is 2. The second-order valence-corrected chi connectivity index (χ2v) is 12.6. The summed E-state index contributed by atoms with van der Waals surface area (Å²) in [5.41, 5.74) is 4.28. The number of hydrogen-bond donors (Lipinski definition) is 2. The Morgan fingerprint density at radius 1 is 0.886 bits per heavy atom. The minimum absolute atomic E-state index is 0.0376. The van der Waals surface area contributed by atoms with E-state index in [-0.39, 0.29) is 11.4 Å². The SMILES string of the molecule is Cc1c(-c2cccc(-c3cc(C(C)(C)S(C)(=O)=O)cc4cccnc34)c2)cnc(C(C)(C)O)c1O. The maximum Gasteiger partial charge on any atom is 0.156 e. The van der Waals surface area contributed by atoms with Crippen LogP contribution in [0, 0.1) is 6.92 Å². The van der Waals surface area contributed by atoms with Gasteiger partial charge in [0.05, 0.1) is 10.3 Å². The van der Waals surface area contributed by atoms with Gasteiger partial charge in [0.2, 0.25) is 0 Å². The largest absolute Gasteiger partial charge is 0.506 e. The summed E-state index contributed by atoms with van der Waals surface area (Å²) in [7, 11) is -3.38. The normalized spacial score (nSPS) is 12.8. The Balaban J connectivity index is 1.93. The van der Waals surface area contributed by atoms with E-state index in [0.29, 0.717) is 11.1 Å². The van der Waals surface area contributed by atoms with Crippen LogP contribution in [0.5, 0.6) is 5.75 Å². The smallest absolute Gasteiger partial charge is 0.156 e. The van der Waals surface area contributed by atoms with Gasteiger partial charge in [0, 0.05) is 40.7 Å². The van der Waals surface area contributed by atoms with Gasteiger partial charge in [-0.1, -0.05) is 24.3 Å². The number of fused-ring (bicyclic) bond motifs is 1. The van der Waals surface area contributed by atoms with Crippen molar-refractivity contribution >= 4 is 20.7 Å². The minimum atomic E-state index is -3.38. The molecule has 0 saturated carbocycles. The van der Waals surface area contributed by atoms with Crippen LogP contribution < -0.4 is 0 Å². The van der Waals surface area contributed by atoms with Gasteiger partial charge < -0.3 is 10.2 Å². The molecule has 7 heteroatoms. The molecular formula is C28H30N2O4S. The summed E-state index contributed by atoms with van der Waals surface area (Å²) < 4.78 is 24.1. The van der Waals surface area contributed by atoms with Gasteiger partial charge >= 0.3 is 0 Å². The van der Waals surface area contributed by atoms with Crippen molar-refractivity contribution in [2.75, 3.05) is 6.26 Å². The average Bonchev–Trinajstić information content (AvgIpc) is 2.78. The zero-order valence-corrected chi connectivity index (χ0v) is 21.6. The van der Waals surface area contributed by atoms with Crippen LogP contribution in [0.25, 0.3) is 33.2 Å². The summed E-state index contributed by atoms with van der Waals surface area (Å²) in [5.74, 6) is -0.0376. The van der Waals surface area contributed by atoms with Crippen LogP contribution in [0.4, 0.5) is 0 Å². The molecule has 2 heterocycles. The molecule has 35 heavy (non-hydrogen) atoms. The van der Waals surface area contributed by atoms with Crippen LogP contribution in [0.2, 0.25) is 0 Å². The molecule has 2 N–H and O–H groups in total. The number of pyridine rings is 2. The quantitative estimate of drug-likeness (QED) is 0.384. The monoisotopic (exact) mass is 490 g/mol. The Morgan fingerprint density at radius 2 is 1.54 bits per heavy atom. The fourth-order valence-electron chi connectivity index (χ4n) is 4.16. The third kappa shape index (κ3) is 4.42. The van der Waals surface area contributed by atoms with E-state index in [2.05, 4.69) is 9.97 Å². The lowest BCUT2D eigenvalue weighted by molar-refractivity contribution is 0.0708. The molecule has 0 fully saturated rings. The maximum absolute atomic E-state index is 12.6. The van der Waals surface area contributed by atoms with Gasteiger partial charge in [-0.3, -0.25) is 9.97 Å². The molecule has 0 bridgehead atoms. The summed E-state index contributed by atoms with van der Waals surface area (Å²) in [6.45, 7) is 8.38.